The Morgan fingerprint density at radius 1 is 1.25 bits per heavy atom. The molecule has 0 fully saturated rings. The quantitative estimate of drug-likeness (QED) is 0.643. The van der Waals surface area contributed by atoms with Gasteiger partial charge in [-0.3, -0.25) is 0 Å². The number of thiophene rings is 1. The fourth-order valence-corrected chi connectivity index (χ4v) is 2.51. The first kappa shape index (κ1) is 16.8. The first-order chi connectivity index (χ1) is 9.58. The average molecular weight is 314 g/mol. The Kier molecular flexibility index (Phi) is 8.05. The van der Waals surface area contributed by atoms with Crippen molar-refractivity contribution in [3.63, 3.8) is 0 Å². The van der Waals surface area contributed by atoms with Gasteiger partial charge in [-0.15, -0.1) is 0 Å². The van der Waals surface area contributed by atoms with Crippen LogP contribution in [0.15, 0.2) is 47.4 Å². The van der Waals surface area contributed by atoms with Crippen LogP contribution in [0.3, 0.4) is 0 Å². The molecule has 0 aliphatic rings. The highest BCUT2D eigenvalue weighted by atomic mass is 32.2. The zero-order chi connectivity index (χ0) is 14.7. The zero-order valence-corrected chi connectivity index (χ0v) is 12.6. The van der Waals surface area contributed by atoms with Gasteiger partial charge < -0.3 is 9.87 Å². The molecular weight excluding hydrogens is 296 g/mol. The number of rotatable bonds is 6. The molecule has 2 heterocycles. The number of aromatic nitrogens is 1. The summed E-state index contributed by atoms with van der Waals surface area (Å²) in [4.78, 5) is 2.89. The maximum absolute atomic E-state index is 10.2. The van der Waals surface area contributed by atoms with E-state index in [1.165, 1.54) is 5.56 Å². The van der Waals surface area contributed by atoms with Crippen molar-refractivity contribution in [3.8, 4) is 0 Å². The molecule has 2 aromatic heterocycles. The van der Waals surface area contributed by atoms with Gasteiger partial charge >= 0.3 is 0 Å². The second kappa shape index (κ2) is 9.60. The molecule has 110 valence electrons. The van der Waals surface area contributed by atoms with Crippen molar-refractivity contribution in [1.82, 2.24) is 5.32 Å². The van der Waals surface area contributed by atoms with Crippen LogP contribution >= 0.6 is 11.3 Å². The SMILES string of the molecule is O=S(=O)([O-])CCCNCc1ccsc1.c1cc[nH+]cc1. The Morgan fingerprint density at radius 3 is 2.45 bits per heavy atom. The lowest BCUT2D eigenvalue weighted by atomic mass is 10.3. The van der Waals surface area contributed by atoms with E-state index in [0.717, 1.165) is 6.54 Å². The van der Waals surface area contributed by atoms with Crippen molar-refractivity contribution >= 4 is 21.5 Å². The average Bonchev–Trinajstić information content (AvgIpc) is 2.93. The van der Waals surface area contributed by atoms with Gasteiger partial charge in [-0.25, -0.2) is 13.4 Å². The topological polar surface area (TPSA) is 83.4 Å². The maximum atomic E-state index is 10.2. The highest BCUT2D eigenvalue weighted by molar-refractivity contribution is 7.85. The number of hydrogen-bond donors (Lipinski definition) is 1. The lowest BCUT2D eigenvalue weighted by Crippen LogP contribution is -2.17. The summed E-state index contributed by atoms with van der Waals surface area (Å²) < 4.78 is 30.7. The zero-order valence-electron chi connectivity index (χ0n) is 11.0. The van der Waals surface area contributed by atoms with Crippen molar-refractivity contribution in [3.05, 3.63) is 53.0 Å². The van der Waals surface area contributed by atoms with Crippen LogP contribution in [-0.4, -0.2) is 25.3 Å². The number of pyridine rings is 1. The van der Waals surface area contributed by atoms with Gasteiger partial charge in [0, 0.05) is 24.4 Å². The third kappa shape index (κ3) is 9.62. The smallest absolute Gasteiger partial charge is 0.166 e. The molecule has 0 aromatic carbocycles. The first-order valence-corrected chi connectivity index (χ1v) is 8.66. The second-order valence-corrected chi connectivity index (χ2v) is 6.30. The standard InChI is InChI=1S/C8H13NO3S2.C5H5N/c10-14(11,12)5-1-3-9-6-8-2-4-13-7-8;1-2-4-6-5-3-1/h2,4,7,9H,1,3,5-6H2,(H,10,11,12);1-5H. The molecule has 0 unspecified atom stereocenters. The predicted octanol–water partition coefficient (Wildman–Crippen LogP) is 1.27. The molecule has 0 bridgehead atoms. The Bertz CT molecular complexity index is 516. The van der Waals surface area contributed by atoms with Crippen LogP contribution in [0.2, 0.25) is 0 Å². The van der Waals surface area contributed by atoms with E-state index >= 15 is 0 Å². The van der Waals surface area contributed by atoms with E-state index in [0.29, 0.717) is 13.0 Å². The summed E-state index contributed by atoms with van der Waals surface area (Å²) in [7, 11) is -4.05. The highest BCUT2D eigenvalue weighted by Crippen LogP contribution is 2.04. The molecule has 2 rings (SSSR count). The monoisotopic (exact) mass is 314 g/mol. The summed E-state index contributed by atoms with van der Waals surface area (Å²) >= 11 is 1.62. The Hall–Kier alpha value is -1.28. The number of aromatic amines is 1. The molecule has 0 saturated heterocycles. The number of H-pyrrole nitrogens is 1. The molecule has 2 aromatic rings. The van der Waals surface area contributed by atoms with Gasteiger partial charge in [-0.1, -0.05) is 6.07 Å². The van der Waals surface area contributed by atoms with Crippen LogP contribution in [0.4, 0.5) is 0 Å². The Morgan fingerprint density at radius 2 is 2.00 bits per heavy atom. The van der Waals surface area contributed by atoms with Gasteiger partial charge in [-0.2, -0.15) is 11.3 Å². The van der Waals surface area contributed by atoms with E-state index in [1.54, 1.807) is 11.3 Å². The Labute approximate surface area is 123 Å². The van der Waals surface area contributed by atoms with E-state index < -0.39 is 10.1 Å². The molecule has 0 radical (unpaired) electrons. The lowest BCUT2D eigenvalue weighted by molar-refractivity contribution is -0.377. The Balaban J connectivity index is 0.000000276. The third-order valence-electron chi connectivity index (χ3n) is 2.26. The van der Waals surface area contributed by atoms with Crippen LogP contribution < -0.4 is 10.3 Å². The van der Waals surface area contributed by atoms with Crippen molar-refractivity contribution in [2.75, 3.05) is 12.3 Å². The van der Waals surface area contributed by atoms with E-state index in [1.807, 2.05) is 47.4 Å². The van der Waals surface area contributed by atoms with E-state index in [4.69, 9.17) is 0 Å². The first-order valence-electron chi connectivity index (χ1n) is 6.14. The molecule has 0 aliphatic carbocycles. The molecule has 5 nitrogen and oxygen atoms in total. The van der Waals surface area contributed by atoms with Gasteiger partial charge in [0.15, 0.2) is 12.4 Å². The van der Waals surface area contributed by atoms with Crippen LogP contribution in [0.25, 0.3) is 0 Å². The fourth-order valence-electron chi connectivity index (χ4n) is 1.34. The van der Waals surface area contributed by atoms with E-state index in [2.05, 4.69) is 10.3 Å². The molecule has 7 heteroatoms. The minimum Gasteiger partial charge on any atom is -0.748 e. The highest BCUT2D eigenvalue weighted by Gasteiger charge is 1.95. The predicted molar refractivity (Wildman–Crippen MR) is 78.2 cm³/mol. The third-order valence-corrected chi connectivity index (χ3v) is 3.78. The van der Waals surface area contributed by atoms with E-state index in [9.17, 15) is 13.0 Å². The summed E-state index contributed by atoms with van der Waals surface area (Å²) in [6, 6.07) is 7.86. The van der Waals surface area contributed by atoms with Gasteiger partial charge in [-0.05, 0) is 35.4 Å². The normalized spacial score (nSPS) is 10.7. The minimum atomic E-state index is -4.05. The molecule has 0 aliphatic heterocycles. The summed E-state index contributed by atoms with van der Waals surface area (Å²) in [6.07, 6.45) is 4.12. The van der Waals surface area contributed by atoms with Crippen molar-refractivity contribution in [1.29, 1.82) is 0 Å². The summed E-state index contributed by atoms with van der Waals surface area (Å²) in [5.74, 6) is -0.288. The summed E-state index contributed by atoms with van der Waals surface area (Å²) in [5, 5.41) is 7.07. The number of hydrogen-bond acceptors (Lipinski definition) is 5. The molecule has 0 amide bonds. The van der Waals surface area contributed by atoms with Gasteiger partial charge in [0.2, 0.25) is 0 Å². The van der Waals surface area contributed by atoms with Gasteiger partial charge in [0.25, 0.3) is 0 Å². The summed E-state index contributed by atoms with van der Waals surface area (Å²) in [6.45, 7) is 1.28. The maximum Gasteiger partial charge on any atom is 0.166 e. The van der Waals surface area contributed by atoms with Crippen LogP contribution in [0, 0.1) is 0 Å². The van der Waals surface area contributed by atoms with E-state index in [-0.39, 0.29) is 5.75 Å². The lowest BCUT2D eigenvalue weighted by Gasteiger charge is -2.06. The minimum absolute atomic E-state index is 0.288. The second-order valence-electron chi connectivity index (χ2n) is 4.00. The van der Waals surface area contributed by atoms with Crippen molar-refractivity contribution in [2.45, 2.75) is 13.0 Å². The van der Waals surface area contributed by atoms with Crippen molar-refractivity contribution in [2.24, 2.45) is 0 Å². The molecular formula is C13H18N2O3S2. The molecule has 0 saturated carbocycles. The van der Waals surface area contributed by atoms with Crippen molar-refractivity contribution < 1.29 is 18.0 Å². The molecule has 0 atom stereocenters. The largest absolute Gasteiger partial charge is 0.748 e. The van der Waals surface area contributed by atoms with Crippen LogP contribution in [0.5, 0.6) is 0 Å². The summed E-state index contributed by atoms with van der Waals surface area (Å²) in [5.41, 5.74) is 1.18. The van der Waals surface area contributed by atoms with Crippen LogP contribution in [0.1, 0.15) is 12.0 Å². The fraction of sp³-hybridized carbons (Fsp3) is 0.308. The molecule has 0 spiro atoms. The van der Waals surface area contributed by atoms with Gasteiger partial charge in [0.1, 0.15) is 0 Å². The van der Waals surface area contributed by atoms with Crippen LogP contribution in [-0.2, 0) is 16.7 Å². The number of nitrogens with one attached hydrogen (secondary N) is 2. The van der Waals surface area contributed by atoms with Gasteiger partial charge in [0.05, 0.1) is 10.1 Å². The molecule has 2 N–H and O–H groups in total. The molecule has 20 heavy (non-hydrogen) atoms.